The number of allylic oxidation sites excluding steroid dienone is 1. The molecule has 0 aromatic carbocycles. The third-order valence-corrected chi connectivity index (χ3v) is 3.85. The third-order valence-electron chi connectivity index (χ3n) is 2.84. The highest BCUT2D eigenvalue weighted by atomic mass is 32.2. The van der Waals surface area contributed by atoms with Gasteiger partial charge in [-0.05, 0) is 24.1 Å². The van der Waals surface area contributed by atoms with Crippen molar-refractivity contribution < 1.29 is 0 Å². The number of hydrogen-bond acceptors (Lipinski definition) is 6. The summed E-state index contributed by atoms with van der Waals surface area (Å²) in [5.41, 5.74) is 1.91. The van der Waals surface area contributed by atoms with Gasteiger partial charge in [-0.2, -0.15) is 0 Å². The van der Waals surface area contributed by atoms with Gasteiger partial charge in [-0.15, -0.1) is 10.2 Å². The number of thioether (sulfide) groups is 1. The molecule has 1 aliphatic rings. The molecule has 6 nitrogen and oxygen atoms in total. The molecule has 7 heteroatoms. The first-order chi connectivity index (χ1) is 9.84. The summed E-state index contributed by atoms with van der Waals surface area (Å²) in [6.07, 6.45) is 8.56. The van der Waals surface area contributed by atoms with Crippen LogP contribution in [0, 0.1) is 0 Å². The van der Waals surface area contributed by atoms with Crippen LogP contribution in [0.4, 0.5) is 0 Å². The molecule has 0 aliphatic carbocycles. The standard InChI is InChI=1S/C13H14N6S/c14-19-12(11-5-1-2-7-16-11)17-18-13(19)20-9-10-4-3-6-15-8-10/h1,3-6,8H,2,7,9,14H2. The molecule has 2 aromatic rings. The zero-order valence-electron chi connectivity index (χ0n) is 10.8. The van der Waals surface area contributed by atoms with E-state index in [2.05, 4.69) is 26.2 Å². The topological polar surface area (TPSA) is 82.0 Å². The fourth-order valence-corrected chi connectivity index (χ4v) is 2.62. The zero-order chi connectivity index (χ0) is 13.8. The maximum atomic E-state index is 6.04. The average Bonchev–Trinajstić information content (AvgIpc) is 2.88. The second kappa shape index (κ2) is 5.87. The number of nitrogens with zero attached hydrogens (tertiary/aromatic N) is 5. The molecule has 0 radical (unpaired) electrons. The highest BCUT2D eigenvalue weighted by Gasteiger charge is 2.14. The van der Waals surface area contributed by atoms with E-state index in [1.54, 1.807) is 6.20 Å². The summed E-state index contributed by atoms with van der Waals surface area (Å²) >= 11 is 1.53. The number of rotatable bonds is 4. The van der Waals surface area contributed by atoms with Crippen LogP contribution in [-0.2, 0) is 5.75 Å². The molecule has 0 fully saturated rings. The van der Waals surface area contributed by atoms with E-state index in [-0.39, 0.29) is 0 Å². The van der Waals surface area contributed by atoms with E-state index in [0.717, 1.165) is 30.0 Å². The van der Waals surface area contributed by atoms with Gasteiger partial charge in [-0.25, -0.2) is 4.68 Å². The van der Waals surface area contributed by atoms with Gasteiger partial charge in [0.25, 0.3) is 0 Å². The Hall–Kier alpha value is -2.15. The van der Waals surface area contributed by atoms with Crippen molar-refractivity contribution >= 4 is 17.5 Å². The fraction of sp³-hybridized carbons (Fsp3) is 0.231. The minimum absolute atomic E-state index is 0.606. The monoisotopic (exact) mass is 286 g/mol. The van der Waals surface area contributed by atoms with Gasteiger partial charge in [-0.3, -0.25) is 9.98 Å². The predicted octanol–water partition coefficient (Wildman–Crippen LogP) is 1.43. The van der Waals surface area contributed by atoms with Gasteiger partial charge in [0, 0.05) is 24.7 Å². The highest BCUT2D eigenvalue weighted by molar-refractivity contribution is 7.98. The van der Waals surface area contributed by atoms with Crippen LogP contribution in [0.3, 0.4) is 0 Å². The van der Waals surface area contributed by atoms with Crippen molar-refractivity contribution in [2.75, 3.05) is 12.4 Å². The van der Waals surface area contributed by atoms with E-state index in [1.807, 2.05) is 24.4 Å². The van der Waals surface area contributed by atoms with Crippen molar-refractivity contribution in [2.24, 2.45) is 4.99 Å². The van der Waals surface area contributed by atoms with Crippen molar-refractivity contribution in [3.05, 3.63) is 48.1 Å². The van der Waals surface area contributed by atoms with Crippen LogP contribution >= 0.6 is 11.8 Å². The summed E-state index contributed by atoms with van der Waals surface area (Å²) in [5.74, 6) is 7.40. The van der Waals surface area contributed by atoms with E-state index in [9.17, 15) is 0 Å². The number of nitrogens with two attached hydrogens (primary N) is 1. The summed E-state index contributed by atoms with van der Waals surface area (Å²) in [6, 6.07) is 3.93. The van der Waals surface area contributed by atoms with Crippen LogP contribution in [0.5, 0.6) is 0 Å². The largest absolute Gasteiger partial charge is 0.335 e. The summed E-state index contributed by atoms with van der Waals surface area (Å²) in [7, 11) is 0. The molecule has 0 atom stereocenters. The number of pyridine rings is 1. The second-order valence-corrected chi connectivity index (χ2v) is 5.23. The molecular formula is C13H14N6S. The highest BCUT2D eigenvalue weighted by Crippen LogP contribution is 2.20. The number of hydrogen-bond donors (Lipinski definition) is 1. The smallest absolute Gasteiger partial charge is 0.210 e. The Morgan fingerprint density at radius 2 is 2.30 bits per heavy atom. The molecule has 102 valence electrons. The number of aromatic nitrogens is 4. The van der Waals surface area contributed by atoms with Crippen LogP contribution in [0.2, 0.25) is 0 Å². The number of nitrogen functional groups attached to an aromatic ring is 1. The van der Waals surface area contributed by atoms with Gasteiger partial charge < -0.3 is 5.84 Å². The molecule has 3 rings (SSSR count). The van der Waals surface area contributed by atoms with Gasteiger partial charge in [-0.1, -0.05) is 23.9 Å². The van der Waals surface area contributed by atoms with Crippen molar-refractivity contribution in [2.45, 2.75) is 17.3 Å². The fourth-order valence-electron chi connectivity index (χ4n) is 1.83. The molecule has 1 aliphatic heterocycles. The Kier molecular flexibility index (Phi) is 3.78. The Balaban J connectivity index is 1.74. The third kappa shape index (κ3) is 2.72. The van der Waals surface area contributed by atoms with Gasteiger partial charge in [0.15, 0.2) is 0 Å². The van der Waals surface area contributed by atoms with Crippen LogP contribution in [0.1, 0.15) is 17.8 Å². The zero-order valence-corrected chi connectivity index (χ0v) is 11.6. The number of dihydropyridines is 1. The maximum Gasteiger partial charge on any atom is 0.210 e. The molecule has 20 heavy (non-hydrogen) atoms. The SMILES string of the molecule is Nn1c(SCc2cccnc2)nnc1C1=NCCC=C1. The second-order valence-electron chi connectivity index (χ2n) is 4.28. The normalized spacial score (nSPS) is 14.3. The van der Waals surface area contributed by atoms with Crippen molar-refractivity contribution in [3.8, 4) is 0 Å². The molecule has 2 N–H and O–H groups in total. The Bertz CT molecular complexity index is 646. The van der Waals surface area contributed by atoms with Crippen LogP contribution in [0.25, 0.3) is 0 Å². The van der Waals surface area contributed by atoms with Gasteiger partial charge >= 0.3 is 0 Å². The Labute approximate surface area is 120 Å². The summed E-state index contributed by atoms with van der Waals surface area (Å²) in [5, 5.41) is 8.91. The molecule has 0 saturated heterocycles. The minimum Gasteiger partial charge on any atom is -0.335 e. The molecule has 2 aromatic heterocycles. The lowest BCUT2D eigenvalue weighted by Gasteiger charge is -2.06. The van der Waals surface area contributed by atoms with E-state index in [0.29, 0.717) is 11.0 Å². The first-order valence-electron chi connectivity index (χ1n) is 6.28. The lowest BCUT2D eigenvalue weighted by molar-refractivity contribution is 0.839. The molecule has 0 saturated carbocycles. The molecule has 3 heterocycles. The lowest BCUT2D eigenvalue weighted by Crippen LogP contribution is -2.18. The molecule has 0 amide bonds. The van der Waals surface area contributed by atoms with Gasteiger partial charge in [0.1, 0.15) is 5.71 Å². The molecule has 0 bridgehead atoms. The van der Waals surface area contributed by atoms with Crippen LogP contribution in [0.15, 0.2) is 46.8 Å². The number of aliphatic imine (C=N–C) groups is 1. The van der Waals surface area contributed by atoms with Crippen LogP contribution in [-0.4, -0.2) is 32.1 Å². The van der Waals surface area contributed by atoms with Gasteiger partial charge in [0.05, 0.1) is 0 Å². The lowest BCUT2D eigenvalue weighted by atomic mass is 10.2. The van der Waals surface area contributed by atoms with Gasteiger partial charge in [0.2, 0.25) is 11.0 Å². The minimum atomic E-state index is 0.606. The van der Waals surface area contributed by atoms with E-state index < -0.39 is 0 Å². The quantitative estimate of drug-likeness (QED) is 0.679. The van der Waals surface area contributed by atoms with E-state index in [4.69, 9.17) is 5.84 Å². The molecule has 0 spiro atoms. The summed E-state index contributed by atoms with van der Waals surface area (Å²) in [4.78, 5) is 8.48. The first-order valence-corrected chi connectivity index (χ1v) is 7.27. The summed E-state index contributed by atoms with van der Waals surface area (Å²) < 4.78 is 1.50. The van der Waals surface area contributed by atoms with Crippen molar-refractivity contribution in [1.29, 1.82) is 0 Å². The van der Waals surface area contributed by atoms with Crippen molar-refractivity contribution in [3.63, 3.8) is 0 Å². The van der Waals surface area contributed by atoms with E-state index >= 15 is 0 Å². The predicted molar refractivity (Wildman–Crippen MR) is 79.1 cm³/mol. The van der Waals surface area contributed by atoms with Crippen LogP contribution < -0.4 is 5.84 Å². The maximum absolute atomic E-state index is 6.04. The Morgan fingerprint density at radius 3 is 3.05 bits per heavy atom. The summed E-state index contributed by atoms with van der Waals surface area (Å²) in [6.45, 7) is 0.775. The van der Waals surface area contributed by atoms with E-state index in [1.165, 1.54) is 16.4 Å². The Morgan fingerprint density at radius 1 is 1.35 bits per heavy atom. The first kappa shape index (κ1) is 12.9. The van der Waals surface area contributed by atoms with Crippen molar-refractivity contribution in [1.82, 2.24) is 19.9 Å². The average molecular weight is 286 g/mol. The molecular weight excluding hydrogens is 272 g/mol. The molecule has 0 unspecified atom stereocenters.